The highest BCUT2D eigenvalue weighted by Gasteiger charge is 2.41. The van der Waals surface area contributed by atoms with Gasteiger partial charge in [-0.05, 0) is 39.3 Å². The number of nitrogens with one attached hydrogen (secondary N) is 2. The van der Waals surface area contributed by atoms with Gasteiger partial charge in [-0.1, -0.05) is 0 Å². The molecule has 7 nitrogen and oxygen atoms in total. The largest absolute Gasteiger partial charge is 0.492 e. The third-order valence-electron chi connectivity index (χ3n) is 4.11. The van der Waals surface area contributed by atoms with Gasteiger partial charge in [-0.15, -0.1) is 0 Å². The number of carbonyl (C=O) groups excluding carboxylic acids is 2. The first kappa shape index (κ1) is 17.1. The Balaban J connectivity index is 2.00. The molecule has 2 rings (SSSR count). The number of urea groups is 1. The average Bonchev–Trinajstić information content (AvgIpc) is 2.93. The summed E-state index contributed by atoms with van der Waals surface area (Å²) in [4.78, 5) is 30.2. The zero-order chi connectivity index (χ0) is 17.0. The molecule has 2 heterocycles. The summed E-state index contributed by atoms with van der Waals surface area (Å²) in [5.41, 5.74) is 0.190. The molecule has 1 aromatic rings. The molecule has 0 aromatic carbocycles. The maximum absolute atomic E-state index is 12.3. The highest BCUT2D eigenvalue weighted by Crippen LogP contribution is 2.30. The summed E-state index contributed by atoms with van der Waals surface area (Å²) in [6, 6.07) is 3.26. The SMILES string of the molecule is CCOc1ccc(NC(=O)N2CCC(C)(C(=O)NC)C2)nc1C. The van der Waals surface area contributed by atoms with Crippen molar-refractivity contribution in [3.05, 3.63) is 17.8 Å². The van der Waals surface area contributed by atoms with Crippen molar-refractivity contribution in [2.75, 3.05) is 32.1 Å². The number of amides is 3. The van der Waals surface area contributed by atoms with E-state index in [-0.39, 0.29) is 11.9 Å². The van der Waals surface area contributed by atoms with Crippen molar-refractivity contribution < 1.29 is 14.3 Å². The fourth-order valence-corrected chi connectivity index (χ4v) is 2.74. The van der Waals surface area contributed by atoms with E-state index >= 15 is 0 Å². The number of hydrogen-bond acceptors (Lipinski definition) is 4. The summed E-state index contributed by atoms with van der Waals surface area (Å²) in [6.45, 7) is 7.13. The monoisotopic (exact) mass is 320 g/mol. The Morgan fingerprint density at radius 1 is 1.43 bits per heavy atom. The van der Waals surface area contributed by atoms with Gasteiger partial charge in [0.25, 0.3) is 0 Å². The number of hydrogen-bond donors (Lipinski definition) is 2. The fourth-order valence-electron chi connectivity index (χ4n) is 2.74. The highest BCUT2D eigenvalue weighted by atomic mass is 16.5. The Morgan fingerprint density at radius 2 is 2.17 bits per heavy atom. The lowest BCUT2D eigenvalue weighted by Crippen LogP contribution is -2.41. The Morgan fingerprint density at radius 3 is 2.78 bits per heavy atom. The summed E-state index contributed by atoms with van der Waals surface area (Å²) in [5.74, 6) is 1.14. The van der Waals surface area contributed by atoms with Crippen molar-refractivity contribution in [3.8, 4) is 5.75 Å². The van der Waals surface area contributed by atoms with Gasteiger partial charge in [0.15, 0.2) is 0 Å². The van der Waals surface area contributed by atoms with E-state index in [0.717, 1.165) is 5.69 Å². The number of likely N-dealkylation sites (tertiary alicyclic amines) is 1. The molecule has 0 saturated carbocycles. The summed E-state index contributed by atoms with van der Waals surface area (Å²) in [7, 11) is 1.61. The van der Waals surface area contributed by atoms with E-state index in [1.807, 2.05) is 20.8 Å². The van der Waals surface area contributed by atoms with Crippen LogP contribution in [0, 0.1) is 12.3 Å². The summed E-state index contributed by atoms with van der Waals surface area (Å²) < 4.78 is 5.43. The first-order chi connectivity index (χ1) is 10.9. The second-order valence-electron chi connectivity index (χ2n) is 5.95. The van der Waals surface area contributed by atoms with E-state index in [1.165, 1.54) is 0 Å². The first-order valence-electron chi connectivity index (χ1n) is 7.78. The molecule has 1 aliphatic rings. The number of ether oxygens (including phenoxy) is 1. The Labute approximate surface area is 136 Å². The van der Waals surface area contributed by atoms with Crippen LogP contribution < -0.4 is 15.4 Å². The maximum atomic E-state index is 12.3. The highest BCUT2D eigenvalue weighted by molar-refractivity contribution is 5.90. The minimum atomic E-state index is -0.533. The lowest BCUT2D eigenvalue weighted by atomic mass is 9.89. The lowest BCUT2D eigenvalue weighted by molar-refractivity contribution is -0.128. The van der Waals surface area contributed by atoms with Crippen LogP contribution in [0.25, 0.3) is 0 Å². The Bertz CT molecular complexity index is 605. The molecule has 0 bridgehead atoms. The molecule has 0 spiro atoms. The van der Waals surface area contributed by atoms with Crippen LogP contribution in [0.5, 0.6) is 5.75 Å². The molecule has 0 radical (unpaired) electrons. The number of pyridine rings is 1. The van der Waals surface area contributed by atoms with Gasteiger partial charge in [-0.3, -0.25) is 10.1 Å². The second-order valence-corrected chi connectivity index (χ2v) is 5.95. The molecule has 1 aromatic heterocycles. The second kappa shape index (κ2) is 6.85. The number of nitrogens with zero attached hydrogens (tertiary/aromatic N) is 2. The van der Waals surface area contributed by atoms with Gasteiger partial charge in [0.2, 0.25) is 5.91 Å². The lowest BCUT2D eigenvalue weighted by Gasteiger charge is -2.22. The first-order valence-corrected chi connectivity index (χ1v) is 7.78. The van der Waals surface area contributed by atoms with E-state index in [0.29, 0.717) is 37.7 Å². The maximum Gasteiger partial charge on any atom is 0.323 e. The zero-order valence-electron chi connectivity index (χ0n) is 14.1. The quantitative estimate of drug-likeness (QED) is 0.886. The predicted molar refractivity (Wildman–Crippen MR) is 87.5 cm³/mol. The van der Waals surface area contributed by atoms with Crippen molar-refractivity contribution in [2.45, 2.75) is 27.2 Å². The Kier molecular flexibility index (Phi) is 5.08. The van der Waals surface area contributed by atoms with Crippen LogP contribution in [0.2, 0.25) is 0 Å². The zero-order valence-corrected chi connectivity index (χ0v) is 14.1. The number of anilines is 1. The standard InChI is InChI=1S/C16H24N4O3/c1-5-23-12-6-7-13(18-11(12)2)19-15(22)20-9-8-16(3,10-20)14(21)17-4/h6-7H,5,8-10H2,1-4H3,(H,17,21)(H,18,19,22). The fraction of sp³-hybridized carbons (Fsp3) is 0.562. The molecular formula is C16H24N4O3. The molecule has 23 heavy (non-hydrogen) atoms. The molecule has 1 atom stereocenters. The van der Waals surface area contributed by atoms with Gasteiger partial charge >= 0.3 is 6.03 Å². The van der Waals surface area contributed by atoms with Gasteiger partial charge in [0.1, 0.15) is 11.6 Å². The Hall–Kier alpha value is -2.31. The van der Waals surface area contributed by atoms with Crippen LogP contribution in [0.1, 0.15) is 26.0 Å². The minimum absolute atomic E-state index is 0.0390. The molecule has 3 amide bonds. The molecule has 0 aliphatic carbocycles. The predicted octanol–water partition coefficient (Wildman–Crippen LogP) is 1.78. The van der Waals surface area contributed by atoms with Gasteiger partial charge in [0, 0.05) is 20.1 Å². The number of aromatic nitrogens is 1. The van der Waals surface area contributed by atoms with Crippen molar-refractivity contribution in [2.24, 2.45) is 5.41 Å². The molecule has 7 heteroatoms. The van der Waals surface area contributed by atoms with Crippen molar-refractivity contribution in [1.29, 1.82) is 0 Å². The van der Waals surface area contributed by atoms with Gasteiger partial charge in [0.05, 0.1) is 17.7 Å². The molecule has 126 valence electrons. The van der Waals surface area contributed by atoms with E-state index in [9.17, 15) is 9.59 Å². The average molecular weight is 320 g/mol. The molecule has 1 saturated heterocycles. The summed E-state index contributed by atoms with van der Waals surface area (Å²) in [5, 5.41) is 5.44. The van der Waals surface area contributed by atoms with Crippen LogP contribution in [-0.2, 0) is 4.79 Å². The van der Waals surface area contributed by atoms with Gasteiger partial charge < -0.3 is 15.0 Å². The van der Waals surface area contributed by atoms with E-state index in [4.69, 9.17) is 4.74 Å². The molecule has 1 aliphatic heterocycles. The van der Waals surface area contributed by atoms with Crippen LogP contribution in [0.15, 0.2) is 12.1 Å². The van der Waals surface area contributed by atoms with Crippen molar-refractivity contribution >= 4 is 17.8 Å². The van der Waals surface area contributed by atoms with E-state index in [1.54, 1.807) is 24.1 Å². The van der Waals surface area contributed by atoms with Crippen LogP contribution in [0.3, 0.4) is 0 Å². The molecule has 1 fully saturated rings. The number of aryl methyl sites for hydroxylation is 1. The van der Waals surface area contributed by atoms with Crippen LogP contribution in [0.4, 0.5) is 10.6 Å². The van der Waals surface area contributed by atoms with Crippen LogP contribution >= 0.6 is 0 Å². The van der Waals surface area contributed by atoms with Crippen molar-refractivity contribution in [3.63, 3.8) is 0 Å². The van der Waals surface area contributed by atoms with Gasteiger partial charge in [-0.2, -0.15) is 0 Å². The smallest absolute Gasteiger partial charge is 0.323 e. The third-order valence-corrected chi connectivity index (χ3v) is 4.11. The normalized spacial score (nSPS) is 20.3. The molecule has 2 N–H and O–H groups in total. The van der Waals surface area contributed by atoms with Crippen molar-refractivity contribution in [1.82, 2.24) is 15.2 Å². The summed E-state index contributed by atoms with van der Waals surface area (Å²) in [6.07, 6.45) is 0.649. The molecular weight excluding hydrogens is 296 g/mol. The topological polar surface area (TPSA) is 83.6 Å². The summed E-state index contributed by atoms with van der Waals surface area (Å²) >= 11 is 0. The number of carbonyl (C=O) groups is 2. The molecule has 1 unspecified atom stereocenters. The van der Waals surface area contributed by atoms with Gasteiger partial charge in [-0.25, -0.2) is 9.78 Å². The minimum Gasteiger partial charge on any atom is -0.492 e. The van der Waals surface area contributed by atoms with E-state index in [2.05, 4.69) is 15.6 Å². The number of rotatable bonds is 4. The van der Waals surface area contributed by atoms with E-state index < -0.39 is 5.41 Å². The third kappa shape index (κ3) is 3.72. The van der Waals surface area contributed by atoms with Crippen LogP contribution in [-0.4, -0.2) is 48.6 Å².